The number of nitrogens with one attached hydrogen (secondary N) is 1. The predicted octanol–water partition coefficient (Wildman–Crippen LogP) is 4.05. The molecule has 110 valence electrons. The van der Waals surface area contributed by atoms with Crippen LogP contribution in [0.25, 0.3) is 0 Å². The first-order chi connectivity index (χ1) is 9.45. The Balaban J connectivity index is 1.97. The molecule has 1 saturated heterocycles. The number of hydrogen-bond donors (Lipinski definition) is 1. The zero-order valence-electron chi connectivity index (χ0n) is 11.8. The summed E-state index contributed by atoms with van der Waals surface area (Å²) in [5.41, 5.74) is 0.643. The summed E-state index contributed by atoms with van der Waals surface area (Å²) in [6.45, 7) is 6.16. The largest absolute Gasteiger partial charge is 0.325 e. The van der Waals surface area contributed by atoms with E-state index < -0.39 is 0 Å². The Morgan fingerprint density at radius 3 is 2.35 bits per heavy atom. The number of anilines is 1. The number of piperidine rings is 1. The topological polar surface area (TPSA) is 32.3 Å². The van der Waals surface area contributed by atoms with Crippen LogP contribution in [0.4, 0.5) is 5.69 Å². The van der Waals surface area contributed by atoms with E-state index in [1.54, 1.807) is 18.2 Å². The summed E-state index contributed by atoms with van der Waals surface area (Å²) >= 11 is 11.9. The first-order valence-electron chi connectivity index (χ1n) is 6.96. The van der Waals surface area contributed by atoms with Gasteiger partial charge in [-0.1, -0.05) is 30.1 Å². The van der Waals surface area contributed by atoms with Crippen molar-refractivity contribution in [2.45, 2.75) is 32.7 Å². The zero-order chi connectivity index (χ0) is 14.7. The standard InChI is InChI=1S/C15H20Cl2N2O/c1-10-3-5-19(6-4-10)11(2)15(20)18-14-8-12(16)7-13(17)9-14/h7-11H,3-6H2,1-2H3,(H,18,20)/t11-/m0/s1. The van der Waals surface area contributed by atoms with E-state index in [-0.39, 0.29) is 11.9 Å². The molecule has 5 heteroatoms. The van der Waals surface area contributed by atoms with Gasteiger partial charge in [-0.25, -0.2) is 0 Å². The molecule has 1 fully saturated rings. The summed E-state index contributed by atoms with van der Waals surface area (Å²) in [6, 6.07) is 4.92. The first-order valence-corrected chi connectivity index (χ1v) is 7.72. The van der Waals surface area contributed by atoms with Crippen LogP contribution in [0.15, 0.2) is 18.2 Å². The highest BCUT2D eigenvalue weighted by Gasteiger charge is 2.25. The highest BCUT2D eigenvalue weighted by atomic mass is 35.5. The molecular formula is C15H20Cl2N2O. The van der Waals surface area contributed by atoms with Gasteiger partial charge in [-0.3, -0.25) is 9.69 Å². The van der Waals surface area contributed by atoms with E-state index in [1.807, 2.05) is 6.92 Å². The fraction of sp³-hybridized carbons (Fsp3) is 0.533. The Kier molecular flexibility index (Phi) is 5.30. The number of amides is 1. The van der Waals surface area contributed by atoms with Crippen molar-refractivity contribution in [1.82, 2.24) is 4.90 Å². The van der Waals surface area contributed by atoms with Gasteiger partial charge in [0.25, 0.3) is 0 Å². The second-order valence-electron chi connectivity index (χ2n) is 5.54. The Morgan fingerprint density at radius 2 is 1.80 bits per heavy atom. The van der Waals surface area contributed by atoms with Crippen LogP contribution in [0.3, 0.4) is 0 Å². The van der Waals surface area contributed by atoms with E-state index in [4.69, 9.17) is 23.2 Å². The quantitative estimate of drug-likeness (QED) is 0.912. The van der Waals surface area contributed by atoms with Gasteiger partial charge < -0.3 is 5.32 Å². The molecule has 1 amide bonds. The summed E-state index contributed by atoms with van der Waals surface area (Å²) in [7, 11) is 0. The highest BCUT2D eigenvalue weighted by molar-refractivity contribution is 6.35. The van der Waals surface area contributed by atoms with Crippen molar-refractivity contribution >= 4 is 34.8 Å². The van der Waals surface area contributed by atoms with Gasteiger partial charge >= 0.3 is 0 Å². The normalized spacial score (nSPS) is 18.8. The van der Waals surface area contributed by atoms with Crippen LogP contribution in [0.1, 0.15) is 26.7 Å². The number of rotatable bonds is 3. The molecule has 0 bridgehead atoms. The van der Waals surface area contributed by atoms with Crippen LogP contribution in [0, 0.1) is 5.92 Å². The van der Waals surface area contributed by atoms with Crippen molar-refractivity contribution in [2.24, 2.45) is 5.92 Å². The second-order valence-corrected chi connectivity index (χ2v) is 6.41. The number of nitrogens with zero attached hydrogens (tertiary/aromatic N) is 1. The fourth-order valence-electron chi connectivity index (χ4n) is 2.45. The Labute approximate surface area is 130 Å². The molecule has 0 saturated carbocycles. The lowest BCUT2D eigenvalue weighted by Gasteiger charge is -2.34. The lowest BCUT2D eigenvalue weighted by atomic mass is 9.98. The van der Waals surface area contributed by atoms with Crippen molar-refractivity contribution in [1.29, 1.82) is 0 Å². The van der Waals surface area contributed by atoms with Crippen molar-refractivity contribution in [3.63, 3.8) is 0 Å². The van der Waals surface area contributed by atoms with Gasteiger partial charge in [0.05, 0.1) is 6.04 Å². The van der Waals surface area contributed by atoms with Gasteiger partial charge in [0.15, 0.2) is 0 Å². The monoisotopic (exact) mass is 314 g/mol. The van der Waals surface area contributed by atoms with E-state index in [2.05, 4.69) is 17.1 Å². The average Bonchev–Trinajstić information content (AvgIpc) is 2.37. The van der Waals surface area contributed by atoms with Gasteiger partial charge in [-0.2, -0.15) is 0 Å². The third kappa shape index (κ3) is 4.11. The van der Waals surface area contributed by atoms with Crippen LogP contribution < -0.4 is 5.32 Å². The molecule has 1 aromatic rings. The number of benzene rings is 1. The summed E-state index contributed by atoms with van der Waals surface area (Å²) in [5.74, 6) is 0.742. The summed E-state index contributed by atoms with van der Waals surface area (Å²) in [6.07, 6.45) is 2.31. The Morgan fingerprint density at radius 1 is 1.25 bits per heavy atom. The van der Waals surface area contributed by atoms with Crippen molar-refractivity contribution in [2.75, 3.05) is 18.4 Å². The van der Waals surface area contributed by atoms with Crippen LogP contribution >= 0.6 is 23.2 Å². The van der Waals surface area contributed by atoms with Gasteiger partial charge in [0.1, 0.15) is 0 Å². The molecule has 1 aliphatic rings. The highest BCUT2D eigenvalue weighted by Crippen LogP contribution is 2.23. The molecule has 0 aromatic heterocycles. The minimum Gasteiger partial charge on any atom is -0.325 e. The molecule has 1 heterocycles. The molecule has 1 aromatic carbocycles. The number of likely N-dealkylation sites (tertiary alicyclic amines) is 1. The SMILES string of the molecule is CC1CCN([C@@H](C)C(=O)Nc2cc(Cl)cc(Cl)c2)CC1. The molecule has 1 aliphatic heterocycles. The first kappa shape index (κ1) is 15.6. The summed E-state index contributed by atoms with van der Waals surface area (Å²) in [4.78, 5) is 14.5. The second kappa shape index (κ2) is 6.79. The molecule has 2 rings (SSSR count). The van der Waals surface area contributed by atoms with E-state index >= 15 is 0 Å². The van der Waals surface area contributed by atoms with Crippen LogP contribution in [-0.4, -0.2) is 29.9 Å². The van der Waals surface area contributed by atoms with E-state index in [0.29, 0.717) is 15.7 Å². The molecule has 0 aliphatic carbocycles. The fourth-order valence-corrected chi connectivity index (χ4v) is 2.98. The van der Waals surface area contributed by atoms with Gasteiger partial charge in [-0.05, 0) is 57.0 Å². The Hall–Kier alpha value is -0.770. The number of carbonyl (C=O) groups is 1. The predicted molar refractivity (Wildman–Crippen MR) is 84.5 cm³/mol. The minimum absolute atomic E-state index is 0.0158. The number of hydrogen-bond acceptors (Lipinski definition) is 2. The maximum Gasteiger partial charge on any atom is 0.241 e. The third-order valence-corrected chi connectivity index (χ3v) is 4.31. The van der Waals surface area contributed by atoms with Crippen LogP contribution in [-0.2, 0) is 4.79 Å². The smallest absolute Gasteiger partial charge is 0.241 e. The minimum atomic E-state index is -0.139. The zero-order valence-corrected chi connectivity index (χ0v) is 13.3. The molecule has 0 spiro atoms. The summed E-state index contributed by atoms with van der Waals surface area (Å²) in [5, 5.41) is 3.92. The maximum atomic E-state index is 12.3. The van der Waals surface area contributed by atoms with Gasteiger partial charge in [0, 0.05) is 15.7 Å². The van der Waals surface area contributed by atoms with Crippen LogP contribution in [0.5, 0.6) is 0 Å². The lowest BCUT2D eigenvalue weighted by molar-refractivity contribution is -0.121. The molecule has 0 unspecified atom stereocenters. The van der Waals surface area contributed by atoms with Crippen molar-refractivity contribution in [3.8, 4) is 0 Å². The van der Waals surface area contributed by atoms with Crippen molar-refractivity contribution in [3.05, 3.63) is 28.2 Å². The van der Waals surface area contributed by atoms with Gasteiger partial charge in [-0.15, -0.1) is 0 Å². The van der Waals surface area contributed by atoms with Gasteiger partial charge in [0.2, 0.25) is 5.91 Å². The number of carbonyl (C=O) groups excluding carboxylic acids is 1. The molecule has 0 radical (unpaired) electrons. The molecule has 20 heavy (non-hydrogen) atoms. The third-order valence-electron chi connectivity index (χ3n) is 3.88. The van der Waals surface area contributed by atoms with Crippen molar-refractivity contribution < 1.29 is 4.79 Å². The molecular weight excluding hydrogens is 295 g/mol. The molecule has 3 nitrogen and oxygen atoms in total. The average molecular weight is 315 g/mol. The van der Waals surface area contributed by atoms with E-state index in [9.17, 15) is 4.79 Å². The molecule has 1 atom stereocenters. The van der Waals surface area contributed by atoms with E-state index in [1.165, 1.54) is 0 Å². The van der Waals surface area contributed by atoms with Crippen LogP contribution in [0.2, 0.25) is 10.0 Å². The lowest BCUT2D eigenvalue weighted by Crippen LogP contribution is -2.45. The molecule has 1 N–H and O–H groups in total. The summed E-state index contributed by atoms with van der Waals surface area (Å²) < 4.78 is 0. The van der Waals surface area contributed by atoms with E-state index in [0.717, 1.165) is 31.8 Å². The Bertz CT molecular complexity index is 465. The maximum absolute atomic E-state index is 12.3. The number of halogens is 2.